The standard InChI is InChI=1S/C15H20N2O2/c1-12-10-14-15(19-9-8-18-14)11-13(12)4-7-17(2)6-3-5-16/h10-11H,3-4,6-9H2,1-2H3. The van der Waals surface area contributed by atoms with Crippen molar-refractivity contribution in [1.82, 2.24) is 4.90 Å². The summed E-state index contributed by atoms with van der Waals surface area (Å²) < 4.78 is 11.2. The minimum atomic E-state index is 0.580. The van der Waals surface area contributed by atoms with Crippen molar-refractivity contribution in [3.8, 4) is 17.6 Å². The van der Waals surface area contributed by atoms with Gasteiger partial charge in [0.1, 0.15) is 13.2 Å². The van der Waals surface area contributed by atoms with Crippen LogP contribution in [0.5, 0.6) is 11.5 Å². The van der Waals surface area contributed by atoms with E-state index in [0.29, 0.717) is 19.6 Å². The van der Waals surface area contributed by atoms with E-state index in [4.69, 9.17) is 14.7 Å². The molecule has 0 fully saturated rings. The molecule has 0 bridgehead atoms. The quantitative estimate of drug-likeness (QED) is 0.814. The summed E-state index contributed by atoms with van der Waals surface area (Å²) in [5.74, 6) is 1.71. The van der Waals surface area contributed by atoms with E-state index in [1.807, 2.05) is 7.05 Å². The summed E-state index contributed by atoms with van der Waals surface area (Å²) in [4.78, 5) is 2.18. The van der Waals surface area contributed by atoms with Gasteiger partial charge in [-0.2, -0.15) is 5.26 Å². The van der Waals surface area contributed by atoms with E-state index in [2.05, 4.69) is 30.0 Å². The molecule has 0 aliphatic carbocycles. The van der Waals surface area contributed by atoms with Crippen LogP contribution in [0.25, 0.3) is 0 Å². The molecule has 0 saturated carbocycles. The molecule has 1 aromatic rings. The predicted molar refractivity (Wildman–Crippen MR) is 73.6 cm³/mol. The lowest BCUT2D eigenvalue weighted by Crippen LogP contribution is -2.22. The Hall–Kier alpha value is -1.73. The first kappa shape index (κ1) is 13.7. The molecule has 1 aliphatic rings. The third kappa shape index (κ3) is 3.62. The minimum Gasteiger partial charge on any atom is -0.486 e. The summed E-state index contributed by atoms with van der Waals surface area (Å²) in [5, 5.41) is 8.57. The van der Waals surface area contributed by atoms with Gasteiger partial charge in [-0.05, 0) is 43.7 Å². The van der Waals surface area contributed by atoms with Crippen LogP contribution in [0.1, 0.15) is 17.5 Å². The molecule has 0 saturated heterocycles. The van der Waals surface area contributed by atoms with Crippen molar-refractivity contribution >= 4 is 0 Å². The van der Waals surface area contributed by atoms with Crippen molar-refractivity contribution in [2.45, 2.75) is 19.8 Å². The summed E-state index contributed by atoms with van der Waals surface area (Å²) in [7, 11) is 2.05. The van der Waals surface area contributed by atoms with Crippen LogP contribution in [-0.2, 0) is 6.42 Å². The molecule has 0 atom stereocenters. The van der Waals surface area contributed by atoms with E-state index in [-0.39, 0.29) is 0 Å². The highest BCUT2D eigenvalue weighted by atomic mass is 16.6. The van der Waals surface area contributed by atoms with E-state index in [1.54, 1.807) is 0 Å². The third-order valence-corrected chi connectivity index (χ3v) is 3.37. The Kier molecular flexibility index (Phi) is 4.64. The van der Waals surface area contributed by atoms with Crippen LogP contribution in [0.15, 0.2) is 12.1 Å². The zero-order valence-corrected chi connectivity index (χ0v) is 11.6. The van der Waals surface area contributed by atoms with Gasteiger partial charge in [-0.3, -0.25) is 0 Å². The maximum atomic E-state index is 8.57. The molecule has 102 valence electrons. The summed E-state index contributed by atoms with van der Waals surface area (Å²) in [6.45, 7) is 5.12. The lowest BCUT2D eigenvalue weighted by molar-refractivity contribution is 0.171. The molecule has 0 amide bonds. The monoisotopic (exact) mass is 260 g/mol. The van der Waals surface area contributed by atoms with Crippen molar-refractivity contribution in [1.29, 1.82) is 5.26 Å². The molecule has 1 aliphatic heterocycles. The number of likely N-dealkylation sites (N-methyl/N-ethyl adjacent to an activating group) is 1. The zero-order chi connectivity index (χ0) is 13.7. The average Bonchev–Trinajstić information content (AvgIpc) is 2.42. The fourth-order valence-electron chi connectivity index (χ4n) is 2.17. The second-order valence-corrected chi connectivity index (χ2v) is 4.88. The Morgan fingerprint density at radius 1 is 1.21 bits per heavy atom. The topological polar surface area (TPSA) is 45.5 Å². The van der Waals surface area contributed by atoms with E-state index < -0.39 is 0 Å². The molecule has 2 rings (SSSR count). The predicted octanol–water partition coefficient (Wildman–Crippen LogP) is 2.15. The van der Waals surface area contributed by atoms with Crippen LogP contribution in [0.4, 0.5) is 0 Å². The first-order valence-corrected chi connectivity index (χ1v) is 6.65. The zero-order valence-electron chi connectivity index (χ0n) is 11.6. The summed E-state index contributed by atoms with van der Waals surface area (Å²) in [6, 6.07) is 6.31. The van der Waals surface area contributed by atoms with Gasteiger partial charge in [-0.1, -0.05) is 0 Å². The van der Waals surface area contributed by atoms with Gasteiger partial charge in [-0.25, -0.2) is 0 Å². The fourth-order valence-corrected chi connectivity index (χ4v) is 2.17. The number of rotatable bonds is 5. The molecule has 0 radical (unpaired) electrons. The van der Waals surface area contributed by atoms with E-state index >= 15 is 0 Å². The highest BCUT2D eigenvalue weighted by Gasteiger charge is 2.14. The second kappa shape index (κ2) is 6.44. The van der Waals surface area contributed by atoms with Crippen molar-refractivity contribution in [3.05, 3.63) is 23.3 Å². The lowest BCUT2D eigenvalue weighted by Gasteiger charge is -2.21. The number of aryl methyl sites for hydroxylation is 1. The van der Waals surface area contributed by atoms with Gasteiger partial charge in [0.25, 0.3) is 0 Å². The Morgan fingerprint density at radius 3 is 2.58 bits per heavy atom. The largest absolute Gasteiger partial charge is 0.486 e. The van der Waals surface area contributed by atoms with Crippen LogP contribution in [0.3, 0.4) is 0 Å². The number of hydrogen-bond donors (Lipinski definition) is 0. The van der Waals surface area contributed by atoms with Gasteiger partial charge in [0.2, 0.25) is 0 Å². The van der Waals surface area contributed by atoms with Crippen LogP contribution in [0.2, 0.25) is 0 Å². The molecule has 1 aromatic carbocycles. The molecule has 0 aromatic heterocycles. The molecule has 1 heterocycles. The van der Waals surface area contributed by atoms with Crippen LogP contribution in [0, 0.1) is 18.3 Å². The average molecular weight is 260 g/mol. The maximum absolute atomic E-state index is 8.57. The summed E-state index contributed by atoms with van der Waals surface area (Å²) in [5.41, 5.74) is 2.52. The first-order chi connectivity index (χ1) is 9.20. The van der Waals surface area contributed by atoms with Crippen LogP contribution in [-0.4, -0.2) is 38.3 Å². The molecule has 0 spiro atoms. The smallest absolute Gasteiger partial charge is 0.161 e. The normalized spacial score (nSPS) is 13.4. The number of nitriles is 1. The van der Waals surface area contributed by atoms with E-state index in [9.17, 15) is 0 Å². The Labute approximate surface area is 114 Å². The van der Waals surface area contributed by atoms with E-state index in [0.717, 1.165) is 31.0 Å². The van der Waals surface area contributed by atoms with Crippen molar-refractivity contribution in [3.63, 3.8) is 0 Å². The van der Waals surface area contributed by atoms with Crippen molar-refractivity contribution in [2.24, 2.45) is 0 Å². The van der Waals surface area contributed by atoms with Gasteiger partial charge in [0.15, 0.2) is 11.5 Å². The van der Waals surface area contributed by atoms with Crippen molar-refractivity contribution in [2.75, 3.05) is 33.4 Å². The number of nitrogens with zero attached hydrogens (tertiary/aromatic N) is 2. The Morgan fingerprint density at radius 2 is 1.89 bits per heavy atom. The van der Waals surface area contributed by atoms with Gasteiger partial charge >= 0.3 is 0 Å². The number of ether oxygens (including phenoxy) is 2. The molecule has 4 nitrogen and oxygen atoms in total. The van der Waals surface area contributed by atoms with Gasteiger partial charge in [-0.15, -0.1) is 0 Å². The highest BCUT2D eigenvalue weighted by molar-refractivity contribution is 5.47. The second-order valence-electron chi connectivity index (χ2n) is 4.88. The maximum Gasteiger partial charge on any atom is 0.161 e. The van der Waals surface area contributed by atoms with Gasteiger partial charge in [0, 0.05) is 19.5 Å². The van der Waals surface area contributed by atoms with Crippen LogP contribution >= 0.6 is 0 Å². The van der Waals surface area contributed by atoms with E-state index in [1.165, 1.54) is 11.1 Å². The highest BCUT2D eigenvalue weighted by Crippen LogP contribution is 2.33. The molecule has 4 heteroatoms. The lowest BCUT2D eigenvalue weighted by atomic mass is 10.0. The molecular formula is C15H20N2O2. The van der Waals surface area contributed by atoms with Crippen LogP contribution < -0.4 is 9.47 Å². The number of hydrogen-bond acceptors (Lipinski definition) is 4. The fraction of sp³-hybridized carbons (Fsp3) is 0.533. The summed E-state index contributed by atoms with van der Waals surface area (Å²) in [6.07, 6.45) is 1.54. The van der Waals surface area contributed by atoms with Gasteiger partial charge in [0.05, 0.1) is 6.07 Å². The molecular weight excluding hydrogens is 240 g/mol. The SMILES string of the molecule is Cc1cc2c(cc1CCN(C)CCC#N)OCCO2. The molecule has 0 N–H and O–H groups in total. The first-order valence-electron chi connectivity index (χ1n) is 6.65. The van der Waals surface area contributed by atoms with Gasteiger partial charge < -0.3 is 14.4 Å². The summed E-state index contributed by atoms with van der Waals surface area (Å²) >= 11 is 0. The third-order valence-electron chi connectivity index (χ3n) is 3.37. The minimum absolute atomic E-state index is 0.580. The Balaban J connectivity index is 1.98. The molecule has 0 unspecified atom stereocenters. The molecule has 19 heavy (non-hydrogen) atoms. The number of fused-ring (bicyclic) bond motifs is 1. The number of benzene rings is 1. The van der Waals surface area contributed by atoms with Crippen molar-refractivity contribution < 1.29 is 9.47 Å². The Bertz CT molecular complexity index is 480.